The van der Waals surface area contributed by atoms with Gasteiger partial charge in [0.1, 0.15) is 6.10 Å². The second kappa shape index (κ2) is 13.9. The van der Waals surface area contributed by atoms with Crippen LogP contribution in [0.25, 0.3) is 0 Å². The minimum Gasteiger partial charge on any atom is -0.384 e. The van der Waals surface area contributed by atoms with Gasteiger partial charge < -0.3 is 5.11 Å². The largest absolute Gasteiger partial charge is 0.384 e. The molecule has 0 unspecified atom stereocenters. The van der Waals surface area contributed by atoms with Crippen LogP contribution in [0.15, 0.2) is 45.8 Å². The van der Waals surface area contributed by atoms with E-state index >= 15 is 0 Å². The van der Waals surface area contributed by atoms with Crippen LogP contribution < -0.4 is 0 Å². The first kappa shape index (κ1) is 29.4. The highest BCUT2D eigenvalue weighted by Crippen LogP contribution is 2.33. The van der Waals surface area contributed by atoms with Crippen LogP contribution in [0.4, 0.5) is 0 Å². The third-order valence-corrected chi connectivity index (χ3v) is 11.9. The molecule has 30 heavy (non-hydrogen) atoms. The van der Waals surface area contributed by atoms with E-state index in [1.807, 2.05) is 45.8 Å². The molecule has 0 aliphatic carbocycles. The number of aliphatic hydroxyl groups excluding tert-OH is 1. The molecule has 0 aliphatic rings. The topological polar surface area (TPSA) is 37.3 Å². The van der Waals surface area contributed by atoms with Gasteiger partial charge in [-0.1, -0.05) is 14.9 Å². The first-order valence-electron chi connectivity index (χ1n) is 7.54. The molecule has 0 aromatic carbocycles. The molecular weight excluding hydrogens is 908 g/mol. The van der Waals surface area contributed by atoms with Gasteiger partial charge in [0, 0.05) is 22.3 Å². The van der Waals surface area contributed by atoms with Crippen molar-refractivity contribution in [1.29, 1.82) is 0 Å². The Morgan fingerprint density at radius 3 is 1.27 bits per heavy atom. The van der Waals surface area contributed by atoms with Crippen molar-refractivity contribution in [2.75, 3.05) is 0 Å². The summed E-state index contributed by atoms with van der Waals surface area (Å²) in [6, 6.07) is 7.76. The van der Waals surface area contributed by atoms with E-state index in [1.165, 1.54) is 0 Å². The van der Waals surface area contributed by atoms with Gasteiger partial charge in [-0.2, -0.15) is 0 Å². The molecule has 2 nitrogen and oxygen atoms in total. The highest BCUT2D eigenvalue weighted by atomic mass is 127. The summed E-state index contributed by atoms with van der Waals surface area (Å²) in [5.41, 5.74) is 3.69. The summed E-state index contributed by atoms with van der Waals surface area (Å²) in [4.78, 5) is 12.0. The van der Waals surface area contributed by atoms with Crippen molar-refractivity contribution in [3.05, 3.63) is 79.6 Å². The Hall–Kier alpha value is 1.35. The molecule has 0 amide bonds. The molecule has 0 atom stereocenters. The van der Waals surface area contributed by atoms with E-state index < -0.39 is 6.10 Å². The number of ketones is 1. The van der Waals surface area contributed by atoms with Gasteiger partial charge in [-0.3, -0.25) is 4.79 Å². The quantitative estimate of drug-likeness (QED) is 0.164. The number of rotatable bonds is 4. The predicted molar refractivity (Wildman–Crippen MR) is 169 cm³/mol. The van der Waals surface area contributed by atoms with Crippen LogP contribution in [-0.4, -0.2) is 10.9 Å². The van der Waals surface area contributed by atoms with Gasteiger partial charge in [0.2, 0.25) is 0 Å². The lowest BCUT2D eigenvalue weighted by atomic mass is 10.1. The molecule has 0 fully saturated rings. The molecule has 162 valence electrons. The van der Waals surface area contributed by atoms with Crippen LogP contribution in [0.5, 0.6) is 0 Å². The first-order valence-corrected chi connectivity index (χ1v) is 15.4. The van der Waals surface area contributed by atoms with Crippen molar-refractivity contribution >= 4 is 141 Å². The summed E-state index contributed by atoms with van der Waals surface area (Å²) in [5.74, 6) is 0.140. The van der Waals surface area contributed by atoms with Crippen LogP contribution >= 0.6 is 136 Å². The lowest BCUT2D eigenvalue weighted by Crippen LogP contribution is -2.00. The smallest absolute Gasteiger partial charge is 0.196 e. The average Bonchev–Trinajstić information content (AvgIpc) is 3.44. The molecule has 4 aromatic heterocycles. The van der Waals surface area contributed by atoms with Gasteiger partial charge in [0.05, 0.1) is 11.5 Å². The number of carbonyl (C=O) groups is 1. The monoisotopic (exact) mass is 926 g/mol. The first-order chi connectivity index (χ1) is 13.4. The van der Waals surface area contributed by atoms with Gasteiger partial charge >= 0.3 is 0 Å². The number of hydrogen-bond acceptors (Lipinski definition) is 6. The summed E-state index contributed by atoms with van der Waals surface area (Å²) in [6.07, 6.45) is -0.466. The zero-order valence-corrected chi connectivity index (χ0v) is 25.6. The minimum absolute atomic E-state index is 0. The Balaban J connectivity index is 0.000000281. The van der Waals surface area contributed by atoms with Crippen molar-refractivity contribution < 1.29 is 9.90 Å². The second-order valence-corrected chi connectivity index (χ2v) is 16.2. The fourth-order valence-corrected chi connectivity index (χ4v) is 8.31. The van der Waals surface area contributed by atoms with E-state index in [0.29, 0.717) is 0 Å². The molecule has 4 heterocycles. The predicted octanol–water partition coefficient (Wildman–Crippen LogP) is 9.62. The summed E-state index contributed by atoms with van der Waals surface area (Å²) >= 11 is 15.5. The number of halogens is 4. The standard InChI is InChI=1S/C9H6I2OS2.C9H4I2OS2.2CH4/c2*10-8-5(1-3-13-8)7(12)6-2-4-14-9(6)11;;/h1-4,7,12H;1-4H;2*1H4. The lowest BCUT2D eigenvalue weighted by Gasteiger charge is -2.08. The molecule has 0 aliphatic heterocycles. The fourth-order valence-electron chi connectivity index (χ4n) is 2.22. The van der Waals surface area contributed by atoms with Crippen LogP contribution in [0.3, 0.4) is 0 Å². The minimum atomic E-state index is -0.466. The van der Waals surface area contributed by atoms with Gasteiger partial charge in [0.25, 0.3) is 0 Å². The van der Waals surface area contributed by atoms with E-state index in [2.05, 4.69) is 90.4 Å². The Labute approximate surface area is 248 Å². The second-order valence-electron chi connectivity index (χ2n) is 5.25. The number of hydrogen-bond donors (Lipinski definition) is 1. The summed E-state index contributed by atoms with van der Waals surface area (Å²) in [5, 5.41) is 18.1. The van der Waals surface area contributed by atoms with Crippen LogP contribution in [0.1, 0.15) is 48.0 Å². The molecule has 0 spiro atoms. The lowest BCUT2D eigenvalue weighted by molar-refractivity contribution is 0.103. The maximum Gasteiger partial charge on any atom is 0.196 e. The van der Waals surface area contributed by atoms with Crippen molar-refractivity contribution in [2.45, 2.75) is 21.0 Å². The Bertz CT molecular complexity index is 998. The molecule has 0 saturated heterocycles. The van der Waals surface area contributed by atoms with Crippen molar-refractivity contribution in [2.24, 2.45) is 0 Å². The number of thiophene rings is 4. The van der Waals surface area contributed by atoms with Crippen molar-refractivity contribution in [3.8, 4) is 0 Å². The molecule has 0 saturated carbocycles. The SMILES string of the molecule is C.C.O=C(c1ccsc1I)c1ccsc1I.OC(c1ccsc1I)c1ccsc1I. The highest BCUT2D eigenvalue weighted by Gasteiger charge is 2.18. The zero-order valence-electron chi connectivity index (χ0n) is 13.7. The highest BCUT2D eigenvalue weighted by molar-refractivity contribution is 14.1. The third kappa shape index (κ3) is 7.17. The van der Waals surface area contributed by atoms with Gasteiger partial charge in [-0.25, -0.2) is 0 Å². The average molecular weight is 926 g/mol. The van der Waals surface area contributed by atoms with Gasteiger partial charge in [0.15, 0.2) is 5.78 Å². The Morgan fingerprint density at radius 1 is 0.667 bits per heavy atom. The molecule has 0 radical (unpaired) electrons. The van der Waals surface area contributed by atoms with Gasteiger partial charge in [-0.05, 0) is 136 Å². The maximum absolute atomic E-state index is 12.0. The fraction of sp³-hybridized carbons (Fsp3) is 0.150. The van der Waals surface area contributed by atoms with Gasteiger partial charge in [-0.15, -0.1) is 45.3 Å². The van der Waals surface area contributed by atoms with E-state index in [4.69, 9.17) is 0 Å². The maximum atomic E-state index is 12.0. The summed E-state index contributed by atoms with van der Waals surface area (Å²) < 4.78 is 4.46. The Kier molecular flexibility index (Phi) is 13.6. The van der Waals surface area contributed by atoms with Crippen LogP contribution in [0, 0.1) is 11.5 Å². The van der Waals surface area contributed by atoms with Crippen molar-refractivity contribution in [1.82, 2.24) is 0 Å². The van der Waals surface area contributed by atoms with Crippen LogP contribution in [0.2, 0.25) is 0 Å². The third-order valence-electron chi connectivity index (χ3n) is 3.61. The van der Waals surface area contributed by atoms with E-state index in [0.717, 1.165) is 33.8 Å². The van der Waals surface area contributed by atoms with E-state index in [-0.39, 0.29) is 20.6 Å². The zero-order chi connectivity index (χ0) is 20.3. The molecule has 10 heteroatoms. The molecule has 4 rings (SSSR count). The molecule has 0 bridgehead atoms. The molecular formula is C20H18I4O2S4. The van der Waals surface area contributed by atoms with Crippen LogP contribution in [-0.2, 0) is 0 Å². The van der Waals surface area contributed by atoms with E-state index in [1.54, 1.807) is 45.3 Å². The Morgan fingerprint density at radius 2 is 1.00 bits per heavy atom. The normalized spacial score (nSPS) is 10.1. The van der Waals surface area contributed by atoms with Crippen molar-refractivity contribution in [3.63, 3.8) is 0 Å². The van der Waals surface area contributed by atoms with E-state index in [9.17, 15) is 9.90 Å². The number of aliphatic hydroxyl groups is 1. The summed E-state index contributed by atoms with van der Waals surface area (Å²) in [6.45, 7) is 0. The molecule has 1 N–H and O–H groups in total. The molecule has 4 aromatic rings. The summed E-state index contributed by atoms with van der Waals surface area (Å²) in [7, 11) is 0. The number of carbonyl (C=O) groups excluding carboxylic acids is 1.